The zero-order valence-corrected chi connectivity index (χ0v) is 7.82. The Bertz CT molecular complexity index is 339. The predicted octanol–water partition coefficient (Wildman–Crippen LogP) is 2.13. The number of aromatic hydroxyl groups is 1. The minimum atomic E-state index is -2.94. The van der Waals surface area contributed by atoms with E-state index in [4.69, 9.17) is 5.11 Å². The molecule has 0 aliphatic carbocycles. The number of aryl methyl sites for hydroxylation is 1. The van der Waals surface area contributed by atoms with Crippen molar-refractivity contribution in [3.63, 3.8) is 0 Å². The highest BCUT2D eigenvalue weighted by Crippen LogP contribution is 2.26. The molecule has 0 aromatic heterocycles. The molecule has 0 bridgehead atoms. The summed E-state index contributed by atoms with van der Waals surface area (Å²) < 4.78 is 28.2. The second kappa shape index (κ2) is 5.29. The highest BCUT2D eigenvalue weighted by atomic mass is 19.3. The normalized spacial score (nSPS) is 10.3. The van der Waals surface area contributed by atoms with Gasteiger partial charge >= 0.3 is 6.61 Å². The summed E-state index contributed by atoms with van der Waals surface area (Å²) >= 11 is 0. The summed E-state index contributed by atoms with van der Waals surface area (Å²) in [7, 11) is 0. The molecule has 0 fully saturated rings. The molecule has 0 radical (unpaired) electrons. The molecule has 0 saturated heterocycles. The average Bonchev–Trinajstić information content (AvgIpc) is 2.16. The van der Waals surface area contributed by atoms with Gasteiger partial charge in [0.05, 0.1) is 0 Å². The first-order chi connectivity index (χ1) is 7.13. The van der Waals surface area contributed by atoms with Crippen LogP contribution in [0.4, 0.5) is 8.78 Å². The van der Waals surface area contributed by atoms with Gasteiger partial charge in [-0.1, -0.05) is 6.07 Å². The maximum atomic E-state index is 12.0. The maximum Gasteiger partial charge on any atom is 0.387 e. The third-order valence-electron chi connectivity index (χ3n) is 1.80. The summed E-state index contributed by atoms with van der Waals surface area (Å²) in [4.78, 5) is 10.1. The molecule has 1 aromatic rings. The van der Waals surface area contributed by atoms with Gasteiger partial charge in [-0.05, 0) is 18.1 Å². The molecular weight excluding hydrogens is 206 g/mol. The van der Waals surface area contributed by atoms with E-state index in [1.165, 1.54) is 12.1 Å². The van der Waals surface area contributed by atoms with E-state index in [-0.39, 0.29) is 17.9 Å². The van der Waals surface area contributed by atoms with E-state index in [0.717, 1.165) is 6.07 Å². The number of carbonyl (C=O) groups is 1. The maximum absolute atomic E-state index is 12.0. The molecule has 0 spiro atoms. The van der Waals surface area contributed by atoms with Crippen LogP contribution in [0.15, 0.2) is 18.2 Å². The van der Waals surface area contributed by atoms with Gasteiger partial charge in [0.15, 0.2) is 0 Å². The van der Waals surface area contributed by atoms with Crippen LogP contribution in [0, 0.1) is 0 Å². The highest BCUT2D eigenvalue weighted by molar-refractivity contribution is 5.51. The summed E-state index contributed by atoms with van der Waals surface area (Å²) in [5.74, 6) is -0.243. The second-order valence-electron chi connectivity index (χ2n) is 2.88. The topological polar surface area (TPSA) is 46.5 Å². The van der Waals surface area contributed by atoms with Crippen LogP contribution in [0.2, 0.25) is 0 Å². The lowest BCUT2D eigenvalue weighted by Gasteiger charge is -2.09. The number of rotatable bonds is 5. The van der Waals surface area contributed by atoms with E-state index >= 15 is 0 Å². The van der Waals surface area contributed by atoms with Gasteiger partial charge in [-0.25, -0.2) is 0 Å². The Labute approximate surface area is 85.3 Å². The number of alkyl halides is 2. The standard InChI is InChI=1S/C10H10F2O3/c11-10(12)15-9-6-8(14)4-3-7(9)2-1-5-13/h3-6,10,14H,1-2H2. The van der Waals surface area contributed by atoms with Crippen LogP contribution in [0.5, 0.6) is 11.5 Å². The molecule has 0 aliphatic rings. The Morgan fingerprint density at radius 3 is 2.80 bits per heavy atom. The van der Waals surface area contributed by atoms with Crippen molar-refractivity contribution in [2.45, 2.75) is 19.5 Å². The van der Waals surface area contributed by atoms with E-state index in [1.54, 1.807) is 0 Å². The number of benzene rings is 1. The zero-order chi connectivity index (χ0) is 11.3. The predicted molar refractivity (Wildman–Crippen MR) is 49.1 cm³/mol. The molecule has 0 aliphatic heterocycles. The van der Waals surface area contributed by atoms with Crippen molar-refractivity contribution < 1.29 is 23.4 Å². The smallest absolute Gasteiger partial charge is 0.387 e. The van der Waals surface area contributed by atoms with Gasteiger partial charge in [0.25, 0.3) is 0 Å². The van der Waals surface area contributed by atoms with E-state index in [9.17, 15) is 13.6 Å². The Kier molecular flexibility index (Phi) is 4.03. The van der Waals surface area contributed by atoms with Crippen molar-refractivity contribution in [2.24, 2.45) is 0 Å². The first kappa shape index (κ1) is 11.4. The number of hydrogen-bond donors (Lipinski definition) is 1. The third-order valence-corrected chi connectivity index (χ3v) is 1.80. The molecule has 0 unspecified atom stereocenters. The van der Waals surface area contributed by atoms with Gasteiger partial charge in [0, 0.05) is 12.5 Å². The Morgan fingerprint density at radius 2 is 2.20 bits per heavy atom. The van der Waals surface area contributed by atoms with Crippen LogP contribution >= 0.6 is 0 Å². The fraction of sp³-hybridized carbons (Fsp3) is 0.300. The lowest BCUT2D eigenvalue weighted by Crippen LogP contribution is -2.04. The van der Waals surface area contributed by atoms with Gasteiger partial charge in [-0.15, -0.1) is 0 Å². The molecule has 1 aromatic carbocycles. The summed E-state index contributed by atoms with van der Waals surface area (Å²) in [6.07, 6.45) is 1.23. The fourth-order valence-electron chi connectivity index (χ4n) is 1.17. The van der Waals surface area contributed by atoms with Crippen molar-refractivity contribution in [3.05, 3.63) is 23.8 Å². The van der Waals surface area contributed by atoms with Crippen LogP contribution in [-0.2, 0) is 11.2 Å². The number of hydrogen-bond acceptors (Lipinski definition) is 3. The Balaban J connectivity index is 2.86. The summed E-state index contributed by atoms with van der Waals surface area (Å²) in [6.45, 7) is -2.94. The molecule has 0 heterocycles. The quantitative estimate of drug-likeness (QED) is 0.767. The number of ether oxygens (including phenoxy) is 1. The Hall–Kier alpha value is -1.65. The lowest BCUT2D eigenvalue weighted by atomic mass is 10.1. The number of aldehydes is 1. The number of carbonyl (C=O) groups excluding carboxylic acids is 1. The summed E-state index contributed by atoms with van der Waals surface area (Å²) in [6, 6.07) is 3.92. The highest BCUT2D eigenvalue weighted by Gasteiger charge is 2.10. The number of phenols is 1. The average molecular weight is 216 g/mol. The van der Waals surface area contributed by atoms with Crippen molar-refractivity contribution in [2.75, 3.05) is 0 Å². The van der Waals surface area contributed by atoms with Gasteiger partial charge < -0.3 is 14.6 Å². The van der Waals surface area contributed by atoms with Crippen molar-refractivity contribution in [1.29, 1.82) is 0 Å². The van der Waals surface area contributed by atoms with E-state index in [2.05, 4.69) is 4.74 Å². The van der Waals surface area contributed by atoms with Crippen LogP contribution in [0.3, 0.4) is 0 Å². The molecule has 1 rings (SSSR count). The molecule has 82 valence electrons. The van der Waals surface area contributed by atoms with Crippen molar-refractivity contribution >= 4 is 6.29 Å². The number of halogens is 2. The second-order valence-corrected chi connectivity index (χ2v) is 2.88. The monoisotopic (exact) mass is 216 g/mol. The van der Waals surface area contributed by atoms with E-state index in [1.807, 2.05) is 0 Å². The third kappa shape index (κ3) is 3.53. The molecule has 3 nitrogen and oxygen atoms in total. The van der Waals surface area contributed by atoms with E-state index < -0.39 is 6.61 Å². The first-order valence-corrected chi connectivity index (χ1v) is 4.34. The van der Waals surface area contributed by atoms with E-state index in [0.29, 0.717) is 18.3 Å². The molecule has 15 heavy (non-hydrogen) atoms. The summed E-state index contributed by atoms with van der Waals surface area (Å²) in [5, 5.41) is 9.08. The zero-order valence-electron chi connectivity index (χ0n) is 7.82. The lowest BCUT2D eigenvalue weighted by molar-refractivity contribution is -0.107. The fourth-order valence-corrected chi connectivity index (χ4v) is 1.17. The molecular formula is C10H10F2O3. The van der Waals surface area contributed by atoms with Crippen LogP contribution < -0.4 is 4.74 Å². The molecule has 0 atom stereocenters. The largest absolute Gasteiger partial charge is 0.508 e. The van der Waals surface area contributed by atoms with Crippen molar-refractivity contribution in [3.8, 4) is 11.5 Å². The Morgan fingerprint density at radius 1 is 1.47 bits per heavy atom. The van der Waals surface area contributed by atoms with Gasteiger partial charge in [0.2, 0.25) is 0 Å². The minimum Gasteiger partial charge on any atom is -0.508 e. The van der Waals surface area contributed by atoms with Gasteiger partial charge in [-0.2, -0.15) is 8.78 Å². The summed E-state index contributed by atoms with van der Waals surface area (Å²) in [5.41, 5.74) is 0.472. The number of phenolic OH excluding ortho intramolecular Hbond substituents is 1. The minimum absolute atomic E-state index is 0.0909. The SMILES string of the molecule is O=CCCc1ccc(O)cc1OC(F)F. The van der Waals surface area contributed by atoms with Crippen LogP contribution in [0.25, 0.3) is 0 Å². The first-order valence-electron chi connectivity index (χ1n) is 4.34. The molecule has 5 heteroatoms. The molecule has 0 amide bonds. The van der Waals surface area contributed by atoms with Crippen molar-refractivity contribution in [1.82, 2.24) is 0 Å². The van der Waals surface area contributed by atoms with Gasteiger partial charge in [0.1, 0.15) is 17.8 Å². The van der Waals surface area contributed by atoms with Gasteiger partial charge in [-0.3, -0.25) is 0 Å². The van der Waals surface area contributed by atoms with Crippen LogP contribution in [-0.4, -0.2) is 18.0 Å². The molecule has 0 saturated carbocycles. The molecule has 1 N–H and O–H groups in total. The van der Waals surface area contributed by atoms with Crippen LogP contribution in [0.1, 0.15) is 12.0 Å².